The molecule has 0 bridgehead atoms. The lowest BCUT2D eigenvalue weighted by Gasteiger charge is -2.14. The van der Waals surface area contributed by atoms with E-state index in [0.29, 0.717) is 0 Å². The van der Waals surface area contributed by atoms with E-state index in [2.05, 4.69) is 193 Å². The van der Waals surface area contributed by atoms with E-state index in [1.54, 1.807) is 0 Å². The summed E-state index contributed by atoms with van der Waals surface area (Å²) in [6.07, 6.45) is 0.855. The highest BCUT2D eigenvalue weighted by atomic mass is 16.3. The average Bonchev–Trinajstić information content (AvgIpc) is 3.80. The monoisotopic (exact) mass is 715 g/mol. The number of rotatable bonds is 6. The topological polar surface area (TPSA) is 18.1 Å². The van der Waals surface area contributed by atoms with Crippen LogP contribution in [0.2, 0.25) is 0 Å². The van der Waals surface area contributed by atoms with Gasteiger partial charge in [-0.05, 0) is 105 Å². The van der Waals surface area contributed by atoms with Crippen molar-refractivity contribution in [2.75, 3.05) is 0 Å². The highest BCUT2D eigenvalue weighted by Crippen LogP contribution is 2.39. The summed E-state index contributed by atoms with van der Waals surface area (Å²) in [7, 11) is 0. The van der Waals surface area contributed by atoms with Crippen LogP contribution in [-0.2, 0) is 6.42 Å². The second-order valence-corrected chi connectivity index (χ2v) is 15.0. The number of furan rings is 1. The summed E-state index contributed by atoms with van der Waals surface area (Å²) in [5, 5.41) is 7.34. The number of nitrogens with zero attached hydrogens (tertiary/aromatic N) is 1. The molecule has 11 aromatic rings. The number of hydrogen-bond acceptors (Lipinski definition) is 1. The summed E-state index contributed by atoms with van der Waals surface area (Å²) in [5.74, 6) is 0. The number of para-hydroxylation sites is 3. The third kappa shape index (κ3) is 5.33. The van der Waals surface area contributed by atoms with Gasteiger partial charge < -0.3 is 8.98 Å². The lowest BCUT2D eigenvalue weighted by Crippen LogP contribution is -1.94. The van der Waals surface area contributed by atoms with E-state index < -0.39 is 0 Å². The molecule has 0 saturated heterocycles. The van der Waals surface area contributed by atoms with Crippen LogP contribution in [0.4, 0.5) is 0 Å². The first-order valence-corrected chi connectivity index (χ1v) is 19.4. The van der Waals surface area contributed by atoms with Crippen molar-refractivity contribution in [3.8, 4) is 39.1 Å². The molecule has 0 radical (unpaired) electrons. The third-order valence-electron chi connectivity index (χ3n) is 11.6. The number of fused-ring (bicyclic) bond motifs is 7. The number of benzene rings is 9. The van der Waals surface area contributed by atoms with Gasteiger partial charge >= 0.3 is 0 Å². The molecular formula is C54H37NO. The van der Waals surface area contributed by atoms with Crippen molar-refractivity contribution in [2.24, 2.45) is 0 Å². The van der Waals surface area contributed by atoms with Crippen LogP contribution in [-0.4, -0.2) is 4.57 Å². The Morgan fingerprint density at radius 1 is 0.429 bits per heavy atom. The zero-order chi connectivity index (χ0) is 37.2. The first kappa shape index (κ1) is 32.3. The molecule has 0 saturated carbocycles. The summed E-state index contributed by atoms with van der Waals surface area (Å²) < 4.78 is 8.78. The third-order valence-corrected chi connectivity index (χ3v) is 11.6. The van der Waals surface area contributed by atoms with Gasteiger partial charge in [0, 0.05) is 32.8 Å². The lowest BCUT2D eigenvalue weighted by molar-refractivity contribution is 0.670. The maximum atomic E-state index is 6.38. The number of hydrogen-bond donors (Lipinski definition) is 0. The van der Waals surface area contributed by atoms with Crippen LogP contribution >= 0.6 is 0 Å². The summed E-state index contributed by atoms with van der Waals surface area (Å²) in [6, 6.07) is 70.5. The van der Waals surface area contributed by atoms with Crippen molar-refractivity contribution in [1.29, 1.82) is 0 Å². The first-order valence-electron chi connectivity index (χ1n) is 19.4. The maximum Gasteiger partial charge on any atom is 0.143 e. The zero-order valence-electron chi connectivity index (χ0n) is 31.0. The predicted molar refractivity (Wildman–Crippen MR) is 236 cm³/mol. The molecule has 0 N–H and O–H groups in total. The van der Waals surface area contributed by atoms with Gasteiger partial charge in [0.05, 0.1) is 11.0 Å². The fourth-order valence-electron chi connectivity index (χ4n) is 8.83. The minimum absolute atomic E-state index is 0.855. The molecule has 0 amide bonds. The van der Waals surface area contributed by atoms with E-state index in [0.717, 1.165) is 33.9 Å². The Labute approximate surface area is 325 Å². The van der Waals surface area contributed by atoms with E-state index >= 15 is 0 Å². The van der Waals surface area contributed by atoms with E-state index in [9.17, 15) is 0 Å². The first-order chi connectivity index (χ1) is 27.7. The van der Waals surface area contributed by atoms with Gasteiger partial charge in [0.15, 0.2) is 0 Å². The van der Waals surface area contributed by atoms with Crippen LogP contribution < -0.4 is 0 Å². The Bertz CT molecular complexity index is 3290. The highest BCUT2D eigenvalue weighted by Gasteiger charge is 2.16. The van der Waals surface area contributed by atoms with E-state index in [1.165, 1.54) is 82.8 Å². The molecule has 0 aliphatic heterocycles. The van der Waals surface area contributed by atoms with E-state index in [1.807, 2.05) is 12.1 Å². The molecule has 0 unspecified atom stereocenters. The van der Waals surface area contributed by atoms with Gasteiger partial charge in [-0.25, -0.2) is 0 Å². The van der Waals surface area contributed by atoms with Crippen LogP contribution in [0.1, 0.15) is 16.7 Å². The van der Waals surface area contributed by atoms with Crippen molar-refractivity contribution in [3.05, 3.63) is 211 Å². The molecule has 2 heteroatoms. The minimum atomic E-state index is 0.855. The minimum Gasteiger partial charge on any atom is -0.455 e. The van der Waals surface area contributed by atoms with Crippen LogP contribution in [0.25, 0.3) is 93.6 Å². The second-order valence-electron chi connectivity index (χ2n) is 15.0. The second kappa shape index (κ2) is 13.0. The number of aromatic nitrogens is 1. The van der Waals surface area contributed by atoms with Crippen molar-refractivity contribution in [3.63, 3.8) is 0 Å². The van der Waals surface area contributed by atoms with Crippen molar-refractivity contribution in [2.45, 2.75) is 13.3 Å². The standard InChI is InChI=1S/C54H37NO/c1-35-31-42(46-17-10-18-49-48-16-7-9-20-53(48)56-54(46)49)26-29-44(35)45-14-5-4-13-41(45)32-36-21-23-38(24-22-36)40-27-30-52-50(34-40)47-15-6-8-19-51(47)55(52)43-28-25-37-11-2-3-12-39(37)33-43/h2-31,33-34H,32H2,1H3. The molecule has 0 spiro atoms. The molecule has 0 fully saturated rings. The Hall–Kier alpha value is -7.16. The Balaban J connectivity index is 0.897. The van der Waals surface area contributed by atoms with E-state index in [4.69, 9.17) is 4.42 Å². The van der Waals surface area contributed by atoms with Crippen molar-refractivity contribution in [1.82, 2.24) is 4.57 Å². The van der Waals surface area contributed by atoms with Crippen molar-refractivity contribution >= 4 is 54.5 Å². The fourth-order valence-corrected chi connectivity index (χ4v) is 8.83. The van der Waals surface area contributed by atoms with Gasteiger partial charge in [-0.1, -0.05) is 158 Å². The van der Waals surface area contributed by atoms with Crippen molar-refractivity contribution < 1.29 is 4.42 Å². The lowest BCUT2D eigenvalue weighted by atomic mass is 9.90. The normalized spacial score (nSPS) is 11.7. The van der Waals surface area contributed by atoms with Crippen LogP contribution in [0.15, 0.2) is 199 Å². The molecule has 2 nitrogen and oxygen atoms in total. The van der Waals surface area contributed by atoms with Gasteiger partial charge in [0.25, 0.3) is 0 Å². The number of aryl methyl sites for hydroxylation is 1. The van der Waals surface area contributed by atoms with Gasteiger partial charge in [-0.3, -0.25) is 0 Å². The van der Waals surface area contributed by atoms with Gasteiger partial charge in [-0.2, -0.15) is 0 Å². The van der Waals surface area contributed by atoms with Gasteiger partial charge in [-0.15, -0.1) is 0 Å². The van der Waals surface area contributed by atoms with E-state index in [-0.39, 0.29) is 0 Å². The fraction of sp³-hybridized carbons (Fsp3) is 0.0370. The van der Waals surface area contributed by atoms with Crippen LogP contribution in [0.5, 0.6) is 0 Å². The SMILES string of the molecule is Cc1cc(-c2cccc3c2oc2ccccc23)ccc1-c1ccccc1Cc1ccc(-c2ccc3c(c2)c2ccccc2n3-c2ccc3ccccc3c2)cc1. The molecule has 0 atom stereocenters. The maximum absolute atomic E-state index is 6.38. The molecule has 2 aromatic heterocycles. The zero-order valence-corrected chi connectivity index (χ0v) is 31.0. The molecule has 56 heavy (non-hydrogen) atoms. The summed E-state index contributed by atoms with van der Waals surface area (Å²) in [4.78, 5) is 0. The molecule has 0 aliphatic rings. The summed E-state index contributed by atoms with van der Waals surface area (Å²) in [5.41, 5.74) is 16.6. The molecular weight excluding hydrogens is 679 g/mol. The van der Waals surface area contributed by atoms with Gasteiger partial charge in [0.2, 0.25) is 0 Å². The summed E-state index contributed by atoms with van der Waals surface area (Å²) in [6.45, 7) is 2.22. The Kier molecular flexibility index (Phi) is 7.50. The molecule has 9 aromatic carbocycles. The average molecular weight is 716 g/mol. The predicted octanol–water partition coefficient (Wildman–Crippen LogP) is 14.7. The molecule has 2 heterocycles. The molecule has 264 valence electrons. The highest BCUT2D eigenvalue weighted by molar-refractivity contribution is 6.11. The van der Waals surface area contributed by atoms with Gasteiger partial charge in [0.1, 0.15) is 11.2 Å². The Morgan fingerprint density at radius 3 is 2.02 bits per heavy atom. The smallest absolute Gasteiger partial charge is 0.143 e. The summed E-state index contributed by atoms with van der Waals surface area (Å²) >= 11 is 0. The molecule has 0 aliphatic carbocycles. The molecule has 11 rings (SSSR count). The quantitative estimate of drug-likeness (QED) is 0.168. The van der Waals surface area contributed by atoms with Crippen LogP contribution in [0.3, 0.4) is 0 Å². The van der Waals surface area contributed by atoms with Crippen LogP contribution in [0, 0.1) is 6.92 Å². The largest absolute Gasteiger partial charge is 0.455 e. The Morgan fingerprint density at radius 2 is 1.12 bits per heavy atom.